The van der Waals surface area contributed by atoms with Gasteiger partial charge in [-0.05, 0) is 61.1 Å². The van der Waals surface area contributed by atoms with Crippen LogP contribution in [-0.2, 0) is 0 Å². The molecule has 0 aliphatic heterocycles. The SMILES string of the molecule is CCCCCCOc1ccc(C2=CCC3C(CCCCC)CCC23)c(F)c1F. The summed E-state index contributed by atoms with van der Waals surface area (Å²) in [5.74, 6) is 0.285. The third-order valence-electron chi connectivity index (χ3n) is 6.77. The number of fused-ring (bicyclic) bond motifs is 1. The predicted octanol–water partition coefficient (Wildman–Crippen LogP) is 7.93. The molecule has 3 rings (SSSR count). The Bertz CT molecular complexity index is 667. The molecule has 0 amide bonds. The van der Waals surface area contributed by atoms with Gasteiger partial charge in [0.1, 0.15) is 0 Å². The van der Waals surface area contributed by atoms with Gasteiger partial charge in [-0.1, -0.05) is 64.9 Å². The van der Waals surface area contributed by atoms with Crippen molar-refractivity contribution in [2.45, 2.75) is 84.5 Å². The van der Waals surface area contributed by atoms with Gasteiger partial charge in [0.15, 0.2) is 11.6 Å². The molecule has 1 saturated carbocycles. The molecule has 0 aromatic heterocycles. The summed E-state index contributed by atoms with van der Waals surface area (Å²) < 4.78 is 34.9. The Morgan fingerprint density at radius 3 is 2.50 bits per heavy atom. The second-order valence-electron chi connectivity index (χ2n) is 8.65. The molecule has 1 aromatic carbocycles. The molecule has 1 aromatic rings. The monoisotopic (exact) mass is 390 g/mol. The quantitative estimate of drug-likeness (QED) is 0.348. The highest BCUT2D eigenvalue weighted by Crippen LogP contribution is 2.52. The lowest BCUT2D eigenvalue weighted by atomic mass is 9.84. The number of allylic oxidation sites excluding steroid dienone is 2. The van der Waals surface area contributed by atoms with E-state index in [2.05, 4.69) is 19.9 Å². The number of rotatable bonds is 11. The summed E-state index contributed by atoms with van der Waals surface area (Å²) in [6.07, 6.45) is 14.9. The van der Waals surface area contributed by atoms with E-state index in [-0.39, 0.29) is 5.75 Å². The topological polar surface area (TPSA) is 9.23 Å². The van der Waals surface area contributed by atoms with E-state index in [0.29, 0.717) is 24.0 Å². The van der Waals surface area contributed by atoms with Crippen molar-refractivity contribution in [1.29, 1.82) is 0 Å². The third-order valence-corrected chi connectivity index (χ3v) is 6.77. The maximum atomic E-state index is 14.9. The molecule has 2 aliphatic rings. The van der Waals surface area contributed by atoms with Crippen LogP contribution < -0.4 is 4.74 Å². The number of halogens is 2. The van der Waals surface area contributed by atoms with E-state index >= 15 is 0 Å². The Hall–Kier alpha value is -1.38. The van der Waals surface area contributed by atoms with Crippen LogP contribution >= 0.6 is 0 Å². The predicted molar refractivity (Wildman–Crippen MR) is 112 cm³/mol. The van der Waals surface area contributed by atoms with Crippen LogP contribution in [0, 0.1) is 29.4 Å². The van der Waals surface area contributed by atoms with E-state index < -0.39 is 11.6 Å². The van der Waals surface area contributed by atoms with Crippen molar-refractivity contribution in [2.75, 3.05) is 6.61 Å². The summed E-state index contributed by atoms with van der Waals surface area (Å²) in [5, 5.41) is 0. The second-order valence-corrected chi connectivity index (χ2v) is 8.65. The van der Waals surface area contributed by atoms with E-state index in [9.17, 15) is 8.78 Å². The lowest BCUT2D eigenvalue weighted by Gasteiger charge is -2.20. The molecule has 1 fully saturated rings. The average molecular weight is 391 g/mol. The fraction of sp³-hybridized carbons (Fsp3) is 0.680. The Balaban J connectivity index is 1.62. The van der Waals surface area contributed by atoms with E-state index in [1.54, 1.807) is 12.1 Å². The summed E-state index contributed by atoms with van der Waals surface area (Å²) in [6.45, 7) is 4.83. The number of hydrogen-bond donors (Lipinski definition) is 0. The van der Waals surface area contributed by atoms with Gasteiger partial charge in [0.25, 0.3) is 0 Å². The van der Waals surface area contributed by atoms with Gasteiger partial charge in [-0.15, -0.1) is 0 Å². The van der Waals surface area contributed by atoms with Crippen LogP contribution in [0.25, 0.3) is 5.57 Å². The first-order valence-electron chi connectivity index (χ1n) is 11.5. The molecular formula is C25H36F2O. The molecule has 28 heavy (non-hydrogen) atoms. The van der Waals surface area contributed by atoms with Gasteiger partial charge in [-0.3, -0.25) is 0 Å². The van der Waals surface area contributed by atoms with Gasteiger partial charge >= 0.3 is 0 Å². The molecule has 0 bridgehead atoms. The molecule has 0 saturated heterocycles. The highest BCUT2D eigenvalue weighted by atomic mass is 19.2. The second kappa shape index (κ2) is 10.4. The number of benzene rings is 1. The van der Waals surface area contributed by atoms with E-state index in [1.165, 1.54) is 32.1 Å². The molecular weight excluding hydrogens is 354 g/mol. The highest BCUT2D eigenvalue weighted by Gasteiger charge is 2.41. The van der Waals surface area contributed by atoms with Crippen LogP contribution in [0.15, 0.2) is 18.2 Å². The van der Waals surface area contributed by atoms with E-state index in [0.717, 1.165) is 50.0 Å². The minimum Gasteiger partial charge on any atom is -0.490 e. The zero-order valence-electron chi connectivity index (χ0n) is 17.6. The maximum Gasteiger partial charge on any atom is 0.201 e. The zero-order valence-corrected chi connectivity index (χ0v) is 17.6. The van der Waals surface area contributed by atoms with Crippen molar-refractivity contribution in [3.05, 3.63) is 35.4 Å². The van der Waals surface area contributed by atoms with Gasteiger partial charge < -0.3 is 4.74 Å². The standard InChI is InChI=1S/C25H36F2O/c1-3-5-7-9-17-28-23-16-15-22(24(26)25(23)27)21-14-13-19-18(10-8-6-4-2)11-12-20(19)21/h14-16,18-20H,3-13,17H2,1-2H3. The molecule has 3 unspecified atom stereocenters. The van der Waals surface area contributed by atoms with Crippen LogP contribution in [0.1, 0.15) is 90.0 Å². The van der Waals surface area contributed by atoms with Gasteiger partial charge in [0.2, 0.25) is 5.82 Å². The first kappa shape index (κ1) is 21.3. The van der Waals surface area contributed by atoms with Gasteiger partial charge in [-0.2, -0.15) is 4.39 Å². The van der Waals surface area contributed by atoms with Crippen LogP contribution in [0.2, 0.25) is 0 Å². The summed E-state index contributed by atoms with van der Waals surface area (Å²) >= 11 is 0. The molecule has 0 radical (unpaired) electrons. The van der Waals surface area contributed by atoms with Crippen molar-refractivity contribution < 1.29 is 13.5 Å². The van der Waals surface area contributed by atoms with Crippen molar-refractivity contribution in [3.8, 4) is 5.75 Å². The fourth-order valence-corrected chi connectivity index (χ4v) is 5.21. The first-order valence-corrected chi connectivity index (χ1v) is 11.5. The van der Waals surface area contributed by atoms with E-state index in [4.69, 9.17) is 4.74 Å². The van der Waals surface area contributed by atoms with Crippen molar-refractivity contribution in [3.63, 3.8) is 0 Å². The normalized spacial score (nSPS) is 23.7. The molecule has 156 valence electrons. The number of ether oxygens (including phenoxy) is 1. The number of hydrogen-bond acceptors (Lipinski definition) is 1. The smallest absolute Gasteiger partial charge is 0.201 e. The maximum absolute atomic E-state index is 14.9. The molecule has 3 heteroatoms. The zero-order chi connectivity index (χ0) is 19.9. The molecule has 1 nitrogen and oxygen atoms in total. The molecule has 0 heterocycles. The number of unbranched alkanes of at least 4 members (excludes halogenated alkanes) is 5. The lowest BCUT2D eigenvalue weighted by molar-refractivity contribution is 0.285. The van der Waals surface area contributed by atoms with Crippen molar-refractivity contribution >= 4 is 5.57 Å². The Labute approximate surface area is 169 Å². The van der Waals surface area contributed by atoms with Crippen LogP contribution in [0.4, 0.5) is 8.78 Å². The molecule has 0 N–H and O–H groups in total. The summed E-state index contributed by atoms with van der Waals surface area (Å²) in [6, 6.07) is 3.35. The Morgan fingerprint density at radius 2 is 1.71 bits per heavy atom. The van der Waals surface area contributed by atoms with Crippen LogP contribution in [0.3, 0.4) is 0 Å². The lowest BCUT2D eigenvalue weighted by Crippen LogP contribution is -2.12. The highest BCUT2D eigenvalue weighted by molar-refractivity contribution is 5.71. The molecule has 3 atom stereocenters. The minimum absolute atomic E-state index is 0.0526. The summed E-state index contributed by atoms with van der Waals surface area (Å²) in [5.41, 5.74) is 1.49. The van der Waals surface area contributed by atoms with Crippen LogP contribution in [0.5, 0.6) is 5.75 Å². The molecule has 2 aliphatic carbocycles. The largest absolute Gasteiger partial charge is 0.490 e. The minimum atomic E-state index is -0.824. The Morgan fingerprint density at radius 1 is 0.929 bits per heavy atom. The van der Waals surface area contributed by atoms with Gasteiger partial charge in [-0.25, -0.2) is 4.39 Å². The Kier molecular flexibility index (Phi) is 7.93. The van der Waals surface area contributed by atoms with Crippen molar-refractivity contribution in [2.24, 2.45) is 17.8 Å². The van der Waals surface area contributed by atoms with Gasteiger partial charge in [0, 0.05) is 5.56 Å². The third kappa shape index (κ3) is 4.78. The van der Waals surface area contributed by atoms with Crippen LogP contribution in [-0.4, -0.2) is 6.61 Å². The van der Waals surface area contributed by atoms with Gasteiger partial charge in [0.05, 0.1) is 6.61 Å². The fourth-order valence-electron chi connectivity index (χ4n) is 5.21. The van der Waals surface area contributed by atoms with E-state index in [1.807, 2.05) is 0 Å². The molecule has 0 spiro atoms. The average Bonchev–Trinajstić information content (AvgIpc) is 3.28. The first-order chi connectivity index (χ1) is 13.7. The van der Waals surface area contributed by atoms with Crippen molar-refractivity contribution in [1.82, 2.24) is 0 Å². The summed E-state index contributed by atoms with van der Waals surface area (Å²) in [4.78, 5) is 0. The summed E-state index contributed by atoms with van der Waals surface area (Å²) in [7, 11) is 0.